The summed E-state index contributed by atoms with van der Waals surface area (Å²) in [5.74, 6) is -0.772. The maximum Gasteiger partial charge on any atom is 0.435 e. The third-order valence-electron chi connectivity index (χ3n) is 4.43. The average Bonchev–Trinajstić information content (AvgIpc) is 3.26. The molecule has 0 bridgehead atoms. The van der Waals surface area contributed by atoms with Crippen LogP contribution >= 0.6 is 11.3 Å². The molecule has 0 atom stereocenters. The number of ether oxygens (including phenoxy) is 1. The van der Waals surface area contributed by atoms with Gasteiger partial charge in [-0.3, -0.25) is 4.68 Å². The van der Waals surface area contributed by atoms with Gasteiger partial charge in [0, 0.05) is 17.8 Å². The van der Waals surface area contributed by atoms with E-state index in [-0.39, 0.29) is 28.4 Å². The smallest absolute Gasteiger partial charge is 0.435 e. The Balaban J connectivity index is 1.76. The Kier molecular flexibility index (Phi) is 5.82. The molecular weight excluding hydrogens is 419 g/mol. The first kappa shape index (κ1) is 20.8. The van der Waals surface area contributed by atoms with E-state index in [0.29, 0.717) is 25.0 Å². The Morgan fingerprint density at radius 2 is 2.07 bits per heavy atom. The molecule has 7 nitrogen and oxygen atoms in total. The predicted molar refractivity (Wildman–Crippen MR) is 94.7 cm³/mol. The van der Waals surface area contributed by atoms with E-state index >= 15 is 0 Å². The van der Waals surface area contributed by atoms with Crippen molar-refractivity contribution in [2.75, 3.05) is 13.7 Å². The van der Waals surface area contributed by atoms with Gasteiger partial charge in [-0.1, -0.05) is 0 Å². The van der Waals surface area contributed by atoms with E-state index < -0.39 is 27.9 Å². The van der Waals surface area contributed by atoms with Gasteiger partial charge in [-0.05, 0) is 37.1 Å². The highest BCUT2D eigenvalue weighted by atomic mass is 32.2. The van der Waals surface area contributed by atoms with Crippen molar-refractivity contribution in [3.8, 4) is 0 Å². The molecule has 28 heavy (non-hydrogen) atoms. The number of aromatic nitrogens is 2. The van der Waals surface area contributed by atoms with Crippen molar-refractivity contribution in [3.63, 3.8) is 0 Å². The summed E-state index contributed by atoms with van der Waals surface area (Å²) in [5, 5.41) is 5.13. The van der Waals surface area contributed by atoms with Crippen LogP contribution in [0, 0.1) is 0 Å². The lowest BCUT2D eigenvalue weighted by Crippen LogP contribution is -2.29. The number of carbonyl (C=O) groups excluding carboxylic acids is 1. The number of hydrogen-bond donors (Lipinski definition) is 1. The fraction of sp³-hybridized carbons (Fsp3) is 0.500. The standard InChI is InChI=1S/C16H18F3N3O4S2/c1-26-15(23)13-12(6-9-27-13)28(24,25)20-7-8-22-11-5-3-2-4-10(11)14(21-22)16(17,18)19/h6,9,20H,2-5,7-8H2,1H3. The van der Waals surface area contributed by atoms with Crippen molar-refractivity contribution in [3.05, 3.63) is 33.3 Å². The van der Waals surface area contributed by atoms with E-state index in [1.54, 1.807) is 0 Å². The number of carbonyl (C=O) groups is 1. The van der Waals surface area contributed by atoms with Gasteiger partial charge in [-0.25, -0.2) is 17.9 Å². The monoisotopic (exact) mass is 437 g/mol. The lowest BCUT2D eigenvalue weighted by molar-refractivity contribution is -0.142. The number of esters is 1. The summed E-state index contributed by atoms with van der Waals surface area (Å²) in [5.41, 5.74) is -0.188. The van der Waals surface area contributed by atoms with E-state index in [4.69, 9.17) is 0 Å². The Bertz CT molecular complexity index is 980. The molecular formula is C16H18F3N3O4S2. The van der Waals surface area contributed by atoms with Crippen LogP contribution in [0.15, 0.2) is 16.3 Å². The third kappa shape index (κ3) is 4.08. The minimum absolute atomic E-state index is 0.0463. The first-order valence-corrected chi connectivity index (χ1v) is 10.8. The van der Waals surface area contributed by atoms with Crippen LogP contribution in [0.2, 0.25) is 0 Å². The van der Waals surface area contributed by atoms with Gasteiger partial charge in [-0.15, -0.1) is 11.3 Å². The molecule has 2 aromatic heterocycles. The van der Waals surface area contributed by atoms with Gasteiger partial charge in [0.15, 0.2) is 5.69 Å². The van der Waals surface area contributed by atoms with Crippen molar-refractivity contribution >= 4 is 27.3 Å². The Morgan fingerprint density at radius 3 is 2.75 bits per heavy atom. The molecule has 154 valence electrons. The van der Waals surface area contributed by atoms with Gasteiger partial charge in [0.2, 0.25) is 10.0 Å². The van der Waals surface area contributed by atoms with Crippen molar-refractivity contribution in [1.29, 1.82) is 0 Å². The van der Waals surface area contributed by atoms with E-state index in [1.807, 2.05) is 0 Å². The van der Waals surface area contributed by atoms with Crippen molar-refractivity contribution < 1.29 is 31.1 Å². The number of thiophene rings is 1. The summed E-state index contributed by atoms with van der Waals surface area (Å²) in [6.45, 7) is -0.209. The molecule has 0 aliphatic heterocycles. The molecule has 0 amide bonds. The molecule has 0 fully saturated rings. The number of methoxy groups -OCH3 is 1. The molecule has 2 heterocycles. The molecule has 0 saturated carbocycles. The van der Waals surface area contributed by atoms with Gasteiger partial charge in [0.25, 0.3) is 0 Å². The molecule has 0 saturated heterocycles. The lowest BCUT2D eigenvalue weighted by Gasteiger charge is -2.15. The zero-order chi connectivity index (χ0) is 20.5. The highest BCUT2D eigenvalue weighted by Crippen LogP contribution is 2.35. The Labute approximate surface area is 163 Å². The van der Waals surface area contributed by atoms with Crippen LogP contribution in [0.25, 0.3) is 0 Å². The molecule has 0 aromatic carbocycles. The van der Waals surface area contributed by atoms with Crippen molar-refractivity contribution in [1.82, 2.24) is 14.5 Å². The number of alkyl halides is 3. The van der Waals surface area contributed by atoms with E-state index in [1.165, 1.54) is 16.1 Å². The van der Waals surface area contributed by atoms with Crippen LogP contribution in [-0.4, -0.2) is 37.8 Å². The highest BCUT2D eigenvalue weighted by molar-refractivity contribution is 7.89. The number of nitrogens with zero attached hydrogens (tertiary/aromatic N) is 2. The molecule has 1 aliphatic carbocycles. The first-order chi connectivity index (χ1) is 13.1. The van der Waals surface area contributed by atoms with Crippen LogP contribution in [-0.2, 0) is 40.3 Å². The lowest BCUT2D eigenvalue weighted by atomic mass is 9.95. The number of rotatable bonds is 6. The quantitative estimate of drug-likeness (QED) is 0.702. The van der Waals surface area contributed by atoms with E-state index in [9.17, 15) is 26.4 Å². The summed E-state index contributed by atoms with van der Waals surface area (Å²) in [6.07, 6.45) is -2.32. The van der Waals surface area contributed by atoms with Gasteiger partial charge >= 0.3 is 12.1 Å². The minimum Gasteiger partial charge on any atom is -0.465 e. The van der Waals surface area contributed by atoms with Gasteiger partial charge in [0.1, 0.15) is 9.77 Å². The van der Waals surface area contributed by atoms with E-state index in [0.717, 1.165) is 24.9 Å². The fourth-order valence-electron chi connectivity index (χ4n) is 3.20. The van der Waals surface area contributed by atoms with Crippen LogP contribution in [0.1, 0.15) is 39.5 Å². The summed E-state index contributed by atoms with van der Waals surface area (Å²) in [7, 11) is -2.88. The zero-order valence-electron chi connectivity index (χ0n) is 14.9. The molecule has 0 radical (unpaired) electrons. The maximum atomic E-state index is 13.2. The average molecular weight is 437 g/mol. The maximum absolute atomic E-state index is 13.2. The number of fused-ring (bicyclic) bond motifs is 1. The molecule has 2 aromatic rings. The van der Waals surface area contributed by atoms with E-state index in [2.05, 4.69) is 14.6 Å². The van der Waals surface area contributed by atoms with Crippen LogP contribution in [0.4, 0.5) is 13.2 Å². The molecule has 12 heteroatoms. The number of halogens is 3. The first-order valence-electron chi connectivity index (χ1n) is 8.46. The second kappa shape index (κ2) is 7.84. The Morgan fingerprint density at radius 1 is 1.36 bits per heavy atom. The van der Waals surface area contributed by atoms with Gasteiger partial charge in [0.05, 0.1) is 13.7 Å². The summed E-state index contributed by atoms with van der Waals surface area (Å²) in [6, 6.07) is 1.27. The SMILES string of the molecule is COC(=O)c1sccc1S(=O)(=O)NCCn1nc(C(F)(F)F)c2c1CCCC2. The molecule has 0 spiro atoms. The molecule has 3 rings (SSSR count). The summed E-state index contributed by atoms with van der Waals surface area (Å²) >= 11 is 0.927. The topological polar surface area (TPSA) is 90.3 Å². The summed E-state index contributed by atoms with van der Waals surface area (Å²) in [4.78, 5) is 11.4. The second-order valence-electron chi connectivity index (χ2n) is 6.21. The summed E-state index contributed by atoms with van der Waals surface area (Å²) < 4.78 is 72.6. The van der Waals surface area contributed by atoms with Crippen molar-refractivity contribution in [2.24, 2.45) is 0 Å². The highest BCUT2D eigenvalue weighted by Gasteiger charge is 2.39. The van der Waals surface area contributed by atoms with Crippen LogP contribution < -0.4 is 4.72 Å². The fourth-order valence-corrected chi connectivity index (χ4v) is 5.55. The van der Waals surface area contributed by atoms with Gasteiger partial charge < -0.3 is 4.74 Å². The normalized spacial score (nSPS) is 14.7. The van der Waals surface area contributed by atoms with Crippen molar-refractivity contribution in [2.45, 2.75) is 43.3 Å². The molecule has 0 unspecified atom stereocenters. The van der Waals surface area contributed by atoms with Crippen LogP contribution in [0.3, 0.4) is 0 Å². The number of nitrogens with one attached hydrogen (secondary N) is 1. The third-order valence-corrected chi connectivity index (χ3v) is 6.96. The van der Waals surface area contributed by atoms with Gasteiger partial charge in [-0.2, -0.15) is 18.3 Å². The number of hydrogen-bond acceptors (Lipinski definition) is 6. The zero-order valence-corrected chi connectivity index (χ0v) is 16.5. The molecule has 1 aliphatic rings. The predicted octanol–water partition coefficient (Wildman–Crippen LogP) is 2.61. The largest absolute Gasteiger partial charge is 0.465 e. The minimum atomic E-state index is -4.54. The van der Waals surface area contributed by atoms with Crippen LogP contribution in [0.5, 0.6) is 0 Å². The number of sulfonamides is 1. The second-order valence-corrected chi connectivity index (χ2v) is 8.86. The Hall–Kier alpha value is -1.92. The molecule has 1 N–H and O–H groups in total.